The van der Waals surface area contributed by atoms with Crippen molar-refractivity contribution in [1.82, 2.24) is 15.0 Å². The number of rotatable bonds is 7. The Balaban J connectivity index is 2.32. The zero-order chi connectivity index (χ0) is 12.0. The SMILES string of the molecule is CCC(C)c1cn(CCOCC(C)=O)nn1. The molecule has 0 radical (unpaired) electrons. The minimum absolute atomic E-state index is 0.0406. The summed E-state index contributed by atoms with van der Waals surface area (Å²) in [4.78, 5) is 10.6. The van der Waals surface area contributed by atoms with Gasteiger partial charge in [-0.15, -0.1) is 5.10 Å². The Morgan fingerprint density at radius 3 is 3.00 bits per heavy atom. The molecule has 1 unspecified atom stereocenters. The Labute approximate surface area is 95.8 Å². The molecule has 0 spiro atoms. The molecule has 0 fully saturated rings. The molecular formula is C11H19N3O2. The van der Waals surface area contributed by atoms with Crippen molar-refractivity contribution in [2.24, 2.45) is 0 Å². The first-order valence-electron chi connectivity index (χ1n) is 5.60. The Kier molecular flexibility index (Phi) is 5.11. The number of carbonyl (C=O) groups excluding carboxylic acids is 1. The molecule has 0 saturated carbocycles. The molecule has 90 valence electrons. The summed E-state index contributed by atoms with van der Waals surface area (Å²) in [5.41, 5.74) is 1.01. The molecule has 0 aromatic carbocycles. The highest BCUT2D eigenvalue weighted by atomic mass is 16.5. The molecule has 16 heavy (non-hydrogen) atoms. The van der Waals surface area contributed by atoms with Crippen molar-refractivity contribution in [2.75, 3.05) is 13.2 Å². The van der Waals surface area contributed by atoms with Crippen LogP contribution in [0.2, 0.25) is 0 Å². The minimum Gasteiger partial charge on any atom is -0.372 e. The number of hydrogen-bond donors (Lipinski definition) is 0. The second-order valence-corrected chi connectivity index (χ2v) is 3.97. The molecule has 5 heteroatoms. The van der Waals surface area contributed by atoms with Crippen molar-refractivity contribution < 1.29 is 9.53 Å². The fourth-order valence-electron chi connectivity index (χ4n) is 1.23. The third kappa shape index (κ3) is 4.10. The van der Waals surface area contributed by atoms with Crippen LogP contribution in [0.25, 0.3) is 0 Å². The van der Waals surface area contributed by atoms with E-state index in [1.54, 1.807) is 4.68 Å². The molecular weight excluding hydrogens is 206 g/mol. The smallest absolute Gasteiger partial charge is 0.155 e. The highest BCUT2D eigenvalue weighted by Gasteiger charge is 2.07. The topological polar surface area (TPSA) is 57.0 Å². The van der Waals surface area contributed by atoms with Gasteiger partial charge in [-0.1, -0.05) is 19.1 Å². The Morgan fingerprint density at radius 2 is 2.38 bits per heavy atom. The summed E-state index contributed by atoms with van der Waals surface area (Å²) < 4.78 is 6.91. The van der Waals surface area contributed by atoms with E-state index in [0.717, 1.165) is 12.1 Å². The van der Waals surface area contributed by atoms with Crippen LogP contribution in [-0.4, -0.2) is 34.0 Å². The lowest BCUT2D eigenvalue weighted by Crippen LogP contribution is -2.10. The largest absolute Gasteiger partial charge is 0.372 e. The van der Waals surface area contributed by atoms with E-state index in [1.807, 2.05) is 6.20 Å². The fraction of sp³-hybridized carbons (Fsp3) is 0.727. The van der Waals surface area contributed by atoms with Crippen molar-refractivity contribution in [3.63, 3.8) is 0 Å². The molecule has 0 aliphatic carbocycles. The Hall–Kier alpha value is -1.23. The van der Waals surface area contributed by atoms with Gasteiger partial charge in [-0.2, -0.15) is 0 Å². The van der Waals surface area contributed by atoms with Crippen LogP contribution >= 0.6 is 0 Å². The van der Waals surface area contributed by atoms with Crippen molar-refractivity contribution in [3.8, 4) is 0 Å². The van der Waals surface area contributed by atoms with Gasteiger partial charge in [0.1, 0.15) is 6.61 Å². The Morgan fingerprint density at radius 1 is 1.62 bits per heavy atom. The number of ketones is 1. The lowest BCUT2D eigenvalue weighted by molar-refractivity contribution is -0.121. The number of carbonyl (C=O) groups is 1. The van der Waals surface area contributed by atoms with Crippen LogP contribution in [0.4, 0.5) is 0 Å². The highest BCUT2D eigenvalue weighted by molar-refractivity contribution is 5.76. The van der Waals surface area contributed by atoms with Crippen LogP contribution in [-0.2, 0) is 16.1 Å². The lowest BCUT2D eigenvalue weighted by atomic mass is 10.1. The third-order valence-electron chi connectivity index (χ3n) is 2.44. The molecule has 0 bridgehead atoms. The summed E-state index contributed by atoms with van der Waals surface area (Å²) in [6.07, 6.45) is 2.99. The van der Waals surface area contributed by atoms with E-state index < -0.39 is 0 Å². The van der Waals surface area contributed by atoms with Crippen LogP contribution < -0.4 is 0 Å². The molecule has 5 nitrogen and oxygen atoms in total. The van der Waals surface area contributed by atoms with E-state index in [9.17, 15) is 4.79 Å². The van der Waals surface area contributed by atoms with Crippen molar-refractivity contribution in [3.05, 3.63) is 11.9 Å². The first kappa shape index (κ1) is 12.8. The van der Waals surface area contributed by atoms with Crippen molar-refractivity contribution in [1.29, 1.82) is 0 Å². The molecule has 0 saturated heterocycles. The first-order chi connectivity index (χ1) is 7.63. The van der Waals surface area contributed by atoms with Gasteiger partial charge < -0.3 is 4.74 Å². The monoisotopic (exact) mass is 225 g/mol. The normalized spacial score (nSPS) is 12.7. The second-order valence-electron chi connectivity index (χ2n) is 3.97. The van der Waals surface area contributed by atoms with E-state index >= 15 is 0 Å². The minimum atomic E-state index is 0.0406. The summed E-state index contributed by atoms with van der Waals surface area (Å²) in [6.45, 7) is 7.06. The van der Waals surface area contributed by atoms with Gasteiger partial charge in [-0.25, -0.2) is 4.68 Å². The van der Waals surface area contributed by atoms with E-state index in [1.165, 1.54) is 6.92 Å². The lowest BCUT2D eigenvalue weighted by Gasteiger charge is -2.02. The standard InChI is InChI=1S/C11H19N3O2/c1-4-9(2)11-7-14(13-12-11)5-6-16-8-10(3)15/h7,9H,4-6,8H2,1-3H3. The molecule has 1 aromatic heterocycles. The van der Waals surface area contributed by atoms with Gasteiger partial charge in [0, 0.05) is 12.1 Å². The van der Waals surface area contributed by atoms with E-state index in [4.69, 9.17) is 4.74 Å². The van der Waals surface area contributed by atoms with Crippen LogP contribution in [0, 0.1) is 0 Å². The summed E-state index contributed by atoms with van der Waals surface area (Å²) in [7, 11) is 0. The summed E-state index contributed by atoms with van der Waals surface area (Å²) in [5.74, 6) is 0.478. The predicted octanol–water partition coefficient (Wildman–Crippen LogP) is 1.40. The molecule has 1 aromatic rings. The number of hydrogen-bond acceptors (Lipinski definition) is 4. The first-order valence-corrected chi connectivity index (χ1v) is 5.60. The molecule has 0 aliphatic rings. The average molecular weight is 225 g/mol. The molecule has 0 aliphatic heterocycles. The number of ether oxygens (including phenoxy) is 1. The van der Waals surface area contributed by atoms with E-state index in [-0.39, 0.29) is 12.4 Å². The van der Waals surface area contributed by atoms with Crippen LogP contribution in [0.15, 0.2) is 6.20 Å². The van der Waals surface area contributed by atoms with Gasteiger partial charge in [0.25, 0.3) is 0 Å². The number of Topliss-reactive ketones (excluding diaryl/α,β-unsaturated/α-hetero) is 1. The maximum absolute atomic E-state index is 10.6. The van der Waals surface area contributed by atoms with Crippen molar-refractivity contribution in [2.45, 2.75) is 39.7 Å². The van der Waals surface area contributed by atoms with Gasteiger partial charge in [0.2, 0.25) is 0 Å². The van der Waals surface area contributed by atoms with E-state index in [2.05, 4.69) is 24.2 Å². The fourth-order valence-corrected chi connectivity index (χ4v) is 1.23. The Bertz CT molecular complexity index is 336. The molecule has 1 atom stereocenters. The zero-order valence-electron chi connectivity index (χ0n) is 10.1. The predicted molar refractivity (Wildman–Crippen MR) is 60.2 cm³/mol. The van der Waals surface area contributed by atoms with Gasteiger partial charge in [-0.3, -0.25) is 4.79 Å². The maximum atomic E-state index is 10.6. The number of nitrogens with zero attached hydrogens (tertiary/aromatic N) is 3. The number of aromatic nitrogens is 3. The van der Waals surface area contributed by atoms with Gasteiger partial charge in [0.05, 0.1) is 18.8 Å². The maximum Gasteiger partial charge on any atom is 0.155 e. The second kappa shape index (κ2) is 6.37. The highest BCUT2D eigenvalue weighted by Crippen LogP contribution is 2.14. The van der Waals surface area contributed by atoms with Crippen LogP contribution in [0.1, 0.15) is 38.8 Å². The molecule has 0 amide bonds. The quantitative estimate of drug-likeness (QED) is 0.658. The van der Waals surface area contributed by atoms with Crippen LogP contribution in [0.5, 0.6) is 0 Å². The summed E-state index contributed by atoms with van der Waals surface area (Å²) in [5, 5.41) is 8.09. The van der Waals surface area contributed by atoms with Gasteiger partial charge in [-0.05, 0) is 13.3 Å². The zero-order valence-corrected chi connectivity index (χ0v) is 10.1. The molecule has 1 rings (SSSR count). The molecule has 1 heterocycles. The van der Waals surface area contributed by atoms with E-state index in [0.29, 0.717) is 19.1 Å². The molecule has 0 N–H and O–H groups in total. The third-order valence-corrected chi connectivity index (χ3v) is 2.44. The van der Waals surface area contributed by atoms with Gasteiger partial charge >= 0.3 is 0 Å². The van der Waals surface area contributed by atoms with Crippen LogP contribution in [0.3, 0.4) is 0 Å². The van der Waals surface area contributed by atoms with Crippen molar-refractivity contribution >= 4 is 5.78 Å². The summed E-state index contributed by atoms with van der Waals surface area (Å²) in [6, 6.07) is 0. The summed E-state index contributed by atoms with van der Waals surface area (Å²) >= 11 is 0. The van der Waals surface area contributed by atoms with Gasteiger partial charge in [0.15, 0.2) is 5.78 Å². The average Bonchev–Trinajstić information content (AvgIpc) is 2.71.